The molecule has 6 nitrogen and oxygen atoms in total. The summed E-state index contributed by atoms with van der Waals surface area (Å²) in [6, 6.07) is 1.78. The molecule has 2 heterocycles. The third-order valence-electron chi connectivity index (χ3n) is 1.48. The number of aryl methyl sites for hydroxylation is 1. The Morgan fingerprint density at radius 3 is 2.20 bits per heavy atom. The molecule has 0 saturated heterocycles. The van der Waals surface area contributed by atoms with E-state index in [1.165, 1.54) is 12.5 Å². The van der Waals surface area contributed by atoms with Crippen LogP contribution in [0.3, 0.4) is 0 Å². The van der Waals surface area contributed by atoms with Crippen molar-refractivity contribution in [1.29, 1.82) is 0 Å². The summed E-state index contributed by atoms with van der Waals surface area (Å²) in [5.41, 5.74) is -0.293. The van der Waals surface area contributed by atoms with Gasteiger partial charge in [0.25, 0.3) is 5.56 Å². The third-order valence-corrected chi connectivity index (χ3v) is 1.48. The highest BCUT2D eigenvalue weighted by atomic mass is 16.2. The number of hydrogen-bond donors (Lipinski definition) is 2. The van der Waals surface area contributed by atoms with Crippen molar-refractivity contribution in [3.8, 4) is 0 Å². The highest BCUT2D eigenvalue weighted by molar-refractivity contribution is 4.98. The Hall–Kier alpha value is -2.24. The molecule has 2 aromatic heterocycles. The fourth-order valence-electron chi connectivity index (χ4n) is 0.730. The molecule has 0 unspecified atom stereocenters. The van der Waals surface area contributed by atoms with Crippen LogP contribution in [0.25, 0.3) is 0 Å². The molecule has 0 aliphatic heterocycles. The van der Waals surface area contributed by atoms with E-state index in [4.69, 9.17) is 0 Å². The Morgan fingerprint density at radius 2 is 1.87 bits per heavy atom. The Labute approximate surface area is 85.1 Å². The maximum Gasteiger partial charge on any atom is 0.325 e. The van der Waals surface area contributed by atoms with E-state index in [2.05, 4.69) is 19.9 Å². The molecule has 0 aliphatic rings. The van der Waals surface area contributed by atoms with Crippen LogP contribution in [0.5, 0.6) is 0 Å². The molecule has 0 bridgehead atoms. The topological polar surface area (TPSA) is 91.5 Å². The standard InChI is InChI=1S/C5H6N2O2.C4H4N2/c1-3-2-6-5(9)7-4(3)8;1-2-5-4-6-3-1/h2H,1H3,(H2,6,7,8,9);1-4H. The van der Waals surface area contributed by atoms with E-state index >= 15 is 0 Å². The average molecular weight is 206 g/mol. The van der Waals surface area contributed by atoms with Crippen molar-refractivity contribution in [2.45, 2.75) is 6.92 Å². The van der Waals surface area contributed by atoms with Gasteiger partial charge in [-0.3, -0.25) is 9.78 Å². The number of nitrogens with zero attached hydrogens (tertiary/aromatic N) is 2. The van der Waals surface area contributed by atoms with E-state index in [9.17, 15) is 9.59 Å². The molecular formula is C9H10N4O2. The fourth-order valence-corrected chi connectivity index (χ4v) is 0.730. The quantitative estimate of drug-likeness (QED) is 0.627. The van der Waals surface area contributed by atoms with Crippen LogP contribution in [-0.4, -0.2) is 19.9 Å². The predicted octanol–water partition coefficient (Wildman–Crippen LogP) is -0.152. The van der Waals surface area contributed by atoms with E-state index < -0.39 is 5.69 Å². The molecule has 0 fully saturated rings. The summed E-state index contributed by atoms with van der Waals surface area (Å²) in [6.45, 7) is 1.62. The lowest BCUT2D eigenvalue weighted by atomic mass is 10.4. The number of nitrogens with one attached hydrogen (secondary N) is 2. The SMILES string of the molecule is Cc1c[nH]c(=O)[nH]c1=O.c1cncnc1. The van der Waals surface area contributed by atoms with Crippen LogP contribution in [0.2, 0.25) is 0 Å². The maximum atomic E-state index is 10.6. The number of rotatable bonds is 0. The van der Waals surface area contributed by atoms with Crippen LogP contribution in [0.4, 0.5) is 0 Å². The minimum absolute atomic E-state index is 0.334. The summed E-state index contributed by atoms with van der Waals surface area (Å²) >= 11 is 0. The van der Waals surface area contributed by atoms with Gasteiger partial charge in [-0.05, 0) is 13.0 Å². The molecule has 2 rings (SSSR count). The van der Waals surface area contributed by atoms with E-state index in [0.29, 0.717) is 5.56 Å². The summed E-state index contributed by atoms with van der Waals surface area (Å²) < 4.78 is 0. The Bertz CT molecular complexity index is 477. The van der Waals surface area contributed by atoms with Gasteiger partial charge in [0.2, 0.25) is 0 Å². The zero-order chi connectivity index (χ0) is 11.1. The van der Waals surface area contributed by atoms with Gasteiger partial charge in [0, 0.05) is 24.2 Å². The second kappa shape index (κ2) is 5.48. The van der Waals surface area contributed by atoms with Gasteiger partial charge in [-0.2, -0.15) is 0 Å². The summed E-state index contributed by atoms with van der Waals surface area (Å²) in [5.74, 6) is 0. The second-order valence-electron chi connectivity index (χ2n) is 2.66. The molecule has 2 N–H and O–H groups in total. The van der Waals surface area contributed by atoms with Crippen molar-refractivity contribution in [2.24, 2.45) is 0 Å². The summed E-state index contributed by atoms with van der Waals surface area (Å²) in [7, 11) is 0. The van der Waals surface area contributed by atoms with E-state index in [1.807, 2.05) is 0 Å². The van der Waals surface area contributed by atoms with Gasteiger partial charge in [-0.25, -0.2) is 14.8 Å². The second-order valence-corrected chi connectivity index (χ2v) is 2.66. The first-order chi connectivity index (χ1) is 7.20. The van der Waals surface area contributed by atoms with Crippen LogP contribution >= 0.6 is 0 Å². The molecule has 6 heteroatoms. The highest BCUT2D eigenvalue weighted by Gasteiger charge is 1.88. The van der Waals surface area contributed by atoms with E-state index in [-0.39, 0.29) is 5.56 Å². The molecule has 0 aromatic carbocycles. The largest absolute Gasteiger partial charge is 0.325 e. The van der Waals surface area contributed by atoms with Crippen LogP contribution in [0.1, 0.15) is 5.56 Å². The Kier molecular flexibility index (Phi) is 3.96. The average Bonchev–Trinajstić information content (AvgIpc) is 2.27. The molecule has 0 radical (unpaired) electrons. The van der Waals surface area contributed by atoms with Crippen LogP contribution in [0.15, 0.2) is 40.6 Å². The van der Waals surface area contributed by atoms with Gasteiger partial charge in [0.1, 0.15) is 6.33 Å². The molecule has 78 valence electrons. The zero-order valence-electron chi connectivity index (χ0n) is 8.10. The van der Waals surface area contributed by atoms with Crippen molar-refractivity contribution in [3.05, 3.63) is 57.4 Å². The van der Waals surface area contributed by atoms with Gasteiger partial charge in [-0.1, -0.05) is 0 Å². The first-order valence-electron chi connectivity index (χ1n) is 4.19. The highest BCUT2D eigenvalue weighted by Crippen LogP contribution is 1.73. The smallest absolute Gasteiger partial charge is 0.314 e. The van der Waals surface area contributed by atoms with Gasteiger partial charge in [0.15, 0.2) is 0 Å². The molecule has 0 atom stereocenters. The van der Waals surface area contributed by atoms with E-state index in [0.717, 1.165) is 0 Å². The number of hydrogen-bond acceptors (Lipinski definition) is 4. The first-order valence-corrected chi connectivity index (χ1v) is 4.19. The van der Waals surface area contributed by atoms with Crippen molar-refractivity contribution in [2.75, 3.05) is 0 Å². The van der Waals surface area contributed by atoms with Crippen molar-refractivity contribution >= 4 is 0 Å². The normalized spacial score (nSPS) is 8.87. The molecule has 0 amide bonds. The van der Waals surface area contributed by atoms with Crippen molar-refractivity contribution in [1.82, 2.24) is 19.9 Å². The maximum absolute atomic E-state index is 10.6. The minimum atomic E-state index is -0.467. The first kappa shape index (κ1) is 10.8. The number of H-pyrrole nitrogens is 2. The number of aromatic nitrogens is 4. The molecule has 0 saturated carbocycles. The van der Waals surface area contributed by atoms with E-state index in [1.54, 1.807) is 25.4 Å². The van der Waals surface area contributed by atoms with Gasteiger partial charge >= 0.3 is 5.69 Å². The van der Waals surface area contributed by atoms with Crippen molar-refractivity contribution in [3.63, 3.8) is 0 Å². The lowest BCUT2D eigenvalue weighted by Crippen LogP contribution is -2.22. The predicted molar refractivity (Wildman–Crippen MR) is 54.5 cm³/mol. The van der Waals surface area contributed by atoms with Crippen LogP contribution in [0, 0.1) is 6.92 Å². The van der Waals surface area contributed by atoms with Gasteiger partial charge in [-0.15, -0.1) is 0 Å². The summed E-state index contributed by atoms with van der Waals surface area (Å²) in [4.78, 5) is 32.6. The third kappa shape index (κ3) is 3.99. The van der Waals surface area contributed by atoms with Gasteiger partial charge in [0.05, 0.1) is 0 Å². The van der Waals surface area contributed by atoms with Crippen molar-refractivity contribution < 1.29 is 0 Å². The van der Waals surface area contributed by atoms with Crippen LogP contribution < -0.4 is 11.2 Å². The summed E-state index contributed by atoms with van der Waals surface area (Å²) in [6.07, 6.45) is 6.25. The molecule has 2 aromatic rings. The lowest BCUT2D eigenvalue weighted by molar-refractivity contribution is 1.01. The zero-order valence-corrected chi connectivity index (χ0v) is 8.10. The Balaban J connectivity index is 0.000000162. The summed E-state index contributed by atoms with van der Waals surface area (Å²) in [5, 5.41) is 0. The number of aromatic amines is 2. The molecule has 15 heavy (non-hydrogen) atoms. The lowest BCUT2D eigenvalue weighted by Gasteiger charge is -1.84. The fraction of sp³-hybridized carbons (Fsp3) is 0.111. The van der Waals surface area contributed by atoms with Crippen LogP contribution in [-0.2, 0) is 0 Å². The monoisotopic (exact) mass is 206 g/mol. The Morgan fingerprint density at radius 1 is 1.20 bits per heavy atom. The molecule has 0 aliphatic carbocycles. The van der Waals surface area contributed by atoms with Gasteiger partial charge < -0.3 is 4.98 Å². The molecular weight excluding hydrogens is 196 g/mol. The minimum Gasteiger partial charge on any atom is -0.314 e. The molecule has 0 spiro atoms.